The van der Waals surface area contributed by atoms with Gasteiger partial charge < -0.3 is 14.4 Å². The van der Waals surface area contributed by atoms with Crippen molar-refractivity contribution in [2.75, 3.05) is 20.8 Å². The van der Waals surface area contributed by atoms with Gasteiger partial charge in [-0.05, 0) is 24.1 Å². The van der Waals surface area contributed by atoms with Gasteiger partial charge in [0.15, 0.2) is 11.5 Å². The van der Waals surface area contributed by atoms with Crippen LogP contribution in [0.3, 0.4) is 0 Å². The minimum Gasteiger partial charge on any atom is -0.493 e. The highest BCUT2D eigenvalue weighted by Gasteiger charge is 2.23. The molecule has 4 nitrogen and oxygen atoms in total. The van der Waals surface area contributed by atoms with Crippen molar-refractivity contribution in [3.8, 4) is 11.5 Å². The molecule has 0 unspecified atom stereocenters. The Bertz CT molecular complexity index is 482. The molecule has 1 heterocycles. The number of methoxy groups -OCH3 is 2. The lowest BCUT2D eigenvalue weighted by atomic mass is 9.98. The summed E-state index contributed by atoms with van der Waals surface area (Å²) >= 11 is 0. The van der Waals surface area contributed by atoms with E-state index in [-0.39, 0.29) is 5.91 Å². The molecule has 0 fully saturated rings. The number of amides is 1. The molecule has 1 aromatic carbocycles. The summed E-state index contributed by atoms with van der Waals surface area (Å²) in [6.45, 7) is 4.80. The molecule has 0 N–H and O–H groups in total. The molecule has 0 aromatic heterocycles. The molecule has 4 heteroatoms. The number of benzene rings is 1. The standard InChI is InChI=1S/C14H17NO3/c1-4-13(16)15-8-7-11-10(9-15)5-6-12(17-2)14(11)18-3/h4-6H,1,7-9H2,2-3H3. The molecule has 96 valence electrons. The van der Waals surface area contributed by atoms with Gasteiger partial charge in [-0.15, -0.1) is 0 Å². The number of ether oxygens (including phenoxy) is 2. The third-order valence-corrected chi connectivity index (χ3v) is 3.22. The summed E-state index contributed by atoms with van der Waals surface area (Å²) in [7, 11) is 3.26. The van der Waals surface area contributed by atoms with E-state index in [2.05, 4.69) is 6.58 Å². The lowest BCUT2D eigenvalue weighted by Crippen LogP contribution is -2.34. The van der Waals surface area contributed by atoms with Crippen LogP contribution in [0.1, 0.15) is 11.1 Å². The third kappa shape index (κ3) is 2.06. The van der Waals surface area contributed by atoms with E-state index >= 15 is 0 Å². The summed E-state index contributed by atoms with van der Waals surface area (Å²) in [4.78, 5) is 13.4. The van der Waals surface area contributed by atoms with Gasteiger partial charge in [-0.1, -0.05) is 12.6 Å². The zero-order valence-electron chi connectivity index (χ0n) is 10.7. The van der Waals surface area contributed by atoms with Gasteiger partial charge in [0, 0.05) is 18.7 Å². The number of hydrogen-bond acceptors (Lipinski definition) is 3. The fraction of sp³-hybridized carbons (Fsp3) is 0.357. The van der Waals surface area contributed by atoms with Crippen LogP contribution in [-0.4, -0.2) is 31.6 Å². The first-order chi connectivity index (χ1) is 8.71. The van der Waals surface area contributed by atoms with Gasteiger partial charge in [0.05, 0.1) is 14.2 Å². The Hall–Kier alpha value is -1.97. The van der Waals surface area contributed by atoms with Crippen molar-refractivity contribution in [1.29, 1.82) is 0 Å². The van der Waals surface area contributed by atoms with Crippen molar-refractivity contribution in [3.63, 3.8) is 0 Å². The minimum atomic E-state index is -0.0320. The molecule has 0 saturated carbocycles. The number of nitrogens with zero attached hydrogens (tertiary/aromatic N) is 1. The molecule has 0 atom stereocenters. The summed E-state index contributed by atoms with van der Waals surface area (Å²) < 4.78 is 10.7. The molecule has 0 aliphatic carbocycles. The molecule has 1 aromatic rings. The Morgan fingerprint density at radius 1 is 1.39 bits per heavy atom. The monoisotopic (exact) mass is 247 g/mol. The van der Waals surface area contributed by atoms with Crippen molar-refractivity contribution in [3.05, 3.63) is 35.9 Å². The van der Waals surface area contributed by atoms with Gasteiger partial charge in [0.25, 0.3) is 0 Å². The quantitative estimate of drug-likeness (QED) is 0.764. The largest absolute Gasteiger partial charge is 0.493 e. The predicted octanol–water partition coefficient (Wildman–Crippen LogP) is 1.77. The number of hydrogen-bond donors (Lipinski definition) is 0. The van der Waals surface area contributed by atoms with E-state index in [1.807, 2.05) is 12.1 Å². The Balaban J connectivity index is 2.35. The maximum absolute atomic E-state index is 11.6. The summed E-state index contributed by atoms with van der Waals surface area (Å²) in [6, 6.07) is 3.86. The fourth-order valence-corrected chi connectivity index (χ4v) is 2.30. The zero-order valence-corrected chi connectivity index (χ0v) is 10.7. The van der Waals surface area contributed by atoms with Gasteiger partial charge in [-0.3, -0.25) is 4.79 Å². The molecule has 1 aliphatic heterocycles. The summed E-state index contributed by atoms with van der Waals surface area (Å²) in [5, 5.41) is 0. The third-order valence-electron chi connectivity index (χ3n) is 3.22. The SMILES string of the molecule is C=CC(=O)N1CCc2c(ccc(OC)c2OC)C1. The van der Waals surface area contributed by atoms with E-state index in [1.165, 1.54) is 6.08 Å². The molecule has 0 saturated heterocycles. The molecule has 1 aliphatic rings. The molecule has 0 spiro atoms. The van der Waals surface area contributed by atoms with Crippen molar-refractivity contribution in [1.82, 2.24) is 4.90 Å². The van der Waals surface area contributed by atoms with Crippen LogP contribution in [0.2, 0.25) is 0 Å². The highest BCUT2D eigenvalue weighted by molar-refractivity contribution is 5.87. The Kier molecular flexibility index (Phi) is 3.55. The van der Waals surface area contributed by atoms with Crippen LogP contribution in [0.15, 0.2) is 24.8 Å². The van der Waals surface area contributed by atoms with Gasteiger partial charge in [-0.2, -0.15) is 0 Å². The molecule has 0 bridgehead atoms. The van der Waals surface area contributed by atoms with Crippen molar-refractivity contribution >= 4 is 5.91 Å². The molecule has 18 heavy (non-hydrogen) atoms. The smallest absolute Gasteiger partial charge is 0.246 e. The van der Waals surface area contributed by atoms with E-state index in [0.29, 0.717) is 13.1 Å². The second kappa shape index (κ2) is 5.12. The van der Waals surface area contributed by atoms with Crippen molar-refractivity contribution in [2.24, 2.45) is 0 Å². The van der Waals surface area contributed by atoms with Crippen LogP contribution in [0.4, 0.5) is 0 Å². The lowest BCUT2D eigenvalue weighted by molar-refractivity contribution is -0.126. The van der Waals surface area contributed by atoms with Crippen molar-refractivity contribution in [2.45, 2.75) is 13.0 Å². The van der Waals surface area contributed by atoms with Crippen molar-refractivity contribution < 1.29 is 14.3 Å². The summed E-state index contributed by atoms with van der Waals surface area (Å²) in [5.74, 6) is 1.48. The molecule has 1 amide bonds. The van der Waals surface area contributed by atoms with E-state index in [4.69, 9.17) is 9.47 Å². The molecule has 2 rings (SSSR count). The van der Waals surface area contributed by atoms with Gasteiger partial charge >= 0.3 is 0 Å². The molecule has 0 radical (unpaired) electrons. The average Bonchev–Trinajstić information content (AvgIpc) is 2.44. The zero-order chi connectivity index (χ0) is 13.1. The van der Waals surface area contributed by atoms with Gasteiger partial charge in [0.1, 0.15) is 0 Å². The Labute approximate surface area is 107 Å². The van der Waals surface area contributed by atoms with Crippen LogP contribution in [0.25, 0.3) is 0 Å². The maximum Gasteiger partial charge on any atom is 0.246 e. The fourth-order valence-electron chi connectivity index (χ4n) is 2.30. The van der Waals surface area contributed by atoms with Crippen LogP contribution in [0.5, 0.6) is 11.5 Å². The first kappa shape index (κ1) is 12.5. The highest BCUT2D eigenvalue weighted by Crippen LogP contribution is 2.36. The number of carbonyl (C=O) groups is 1. The number of fused-ring (bicyclic) bond motifs is 1. The Morgan fingerprint density at radius 2 is 2.17 bits per heavy atom. The highest BCUT2D eigenvalue weighted by atomic mass is 16.5. The second-order valence-electron chi connectivity index (χ2n) is 4.15. The van der Waals surface area contributed by atoms with E-state index in [1.54, 1.807) is 19.1 Å². The second-order valence-corrected chi connectivity index (χ2v) is 4.15. The average molecular weight is 247 g/mol. The summed E-state index contributed by atoms with van der Waals surface area (Å²) in [6.07, 6.45) is 2.13. The first-order valence-corrected chi connectivity index (χ1v) is 5.85. The lowest BCUT2D eigenvalue weighted by Gasteiger charge is -2.29. The van der Waals surface area contributed by atoms with Crippen LogP contribution >= 0.6 is 0 Å². The van der Waals surface area contributed by atoms with E-state index in [9.17, 15) is 4.79 Å². The Morgan fingerprint density at radius 3 is 2.78 bits per heavy atom. The maximum atomic E-state index is 11.6. The summed E-state index contributed by atoms with van der Waals surface area (Å²) in [5.41, 5.74) is 2.24. The first-order valence-electron chi connectivity index (χ1n) is 5.85. The van der Waals surface area contributed by atoms with Crippen LogP contribution < -0.4 is 9.47 Å². The van der Waals surface area contributed by atoms with Gasteiger partial charge in [-0.25, -0.2) is 0 Å². The van der Waals surface area contributed by atoms with Crippen LogP contribution in [-0.2, 0) is 17.8 Å². The van der Waals surface area contributed by atoms with E-state index < -0.39 is 0 Å². The number of carbonyl (C=O) groups excluding carboxylic acids is 1. The van der Waals surface area contributed by atoms with E-state index in [0.717, 1.165) is 29.0 Å². The molecular formula is C14H17NO3. The molecular weight excluding hydrogens is 230 g/mol. The topological polar surface area (TPSA) is 38.8 Å². The van der Waals surface area contributed by atoms with Crippen LogP contribution in [0, 0.1) is 0 Å². The van der Waals surface area contributed by atoms with Gasteiger partial charge in [0.2, 0.25) is 5.91 Å². The minimum absolute atomic E-state index is 0.0320. The number of rotatable bonds is 3. The predicted molar refractivity (Wildman–Crippen MR) is 68.9 cm³/mol. The normalized spacial score (nSPS) is 13.8.